The van der Waals surface area contributed by atoms with Crippen LogP contribution >= 0.6 is 0 Å². The van der Waals surface area contributed by atoms with Crippen molar-refractivity contribution >= 4 is 16.7 Å². The Bertz CT molecular complexity index is 838. The van der Waals surface area contributed by atoms with Gasteiger partial charge in [-0.15, -0.1) is 0 Å². The summed E-state index contributed by atoms with van der Waals surface area (Å²) in [5, 5.41) is 5.94. The van der Waals surface area contributed by atoms with Crippen molar-refractivity contribution in [2.45, 2.75) is 37.8 Å². The molecule has 4 nitrogen and oxygen atoms in total. The van der Waals surface area contributed by atoms with E-state index < -0.39 is 0 Å². The summed E-state index contributed by atoms with van der Waals surface area (Å²) in [6.07, 6.45) is 6.15. The van der Waals surface area contributed by atoms with E-state index in [1.807, 2.05) is 12.3 Å². The highest BCUT2D eigenvalue weighted by atomic mass is 15.1. The number of rotatable bonds is 3. The third-order valence-corrected chi connectivity index (χ3v) is 4.81. The lowest BCUT2D eigenvalue weighted by Crippen LogP contribution is -2.33. The quantitative estimate of drug-likeness (QED) is 0.767. The van der Waals surface area contributed by atoms with Gasteiger partial charge in [-0.3, -0.25) is 0 Å². The van der Waals surface area contributed by atoms with E-state index >= 15 is 0 Å². The van der Waals surface area contributed by atoms with Crippen LogP contribution in [0.1, 0.15) is 25.7 Å². The normalized spacial score (nSPS) is 20.9. The molecule has 1 heterocycles. The molecule has 0 unspecified atom stereocenters. The van der Waals surface area contributed by atoms with Gasteiger partial charge in [-0.25, -0.2) is 9.97 Å². The third kappa shape index (κ3) is 3.24. The summed E-state index contributed by atoms with van der Waals surface area (Å²) in [5.74, 6) is 0.709. The summed E-state index contributed by atoms with van der Waals surface area (Å²) in [6.45, 7) is 0. The molecular formula is C20H22N4. The van der Waals surface area contributed by atoms with Crippen LogP contribution in [0.15, 0.2) is 54.7 Å². The third-order valence-electron chi connectivity index (χ3n) is 4.81. The highest BCUT2D eigenvalue weighted by Gasteiger charge is 2.19. The summed E-state index contributed by atoms with van der Waals surface area (Å²) in [4.78, 5) is 9.10. The van der Waals surface area contributed by atoms with Crippen molar-refractivity contribution in [3.63, 3.8) is 0 Å². The van der Waals surface area contributed by atoms with Crippen LogP contribution in [0.5, 0.6) is 0 Å². The van der Waals surface area contributed by atoms with Gasteiger partial charge in [-0.05, 0) is 48.6 Å². The van der Waals surface area contributed by atoms with Crippen LogP contribution in [0.25, 0.3) is 22.0 Å². The van der Waals surface area contributed by atoms with Crippen molar-refractivity contribution in [2.75, 3.05) is 5.32 Å². The minimum Gasteiger partial charge on any atom is -0.351 e. The molecule has 0 aliphatic heterocycles. The minimum atomic E-state index is 0.355. The summed E-state index contributed by atoms with van der Waals surface area (Å²) >= 11 is 0. The van der Waals surface area contributed by atoms with E-state index in [9.17, 15) is 0 Å². The smallest absolute Gasteiger partial charge is 0.223 e. The fourth-order valence-corrected chi connectivity index (χ4v) is 3.38. The van der Waals surface area contributed by atoms with Gasteiger partial charge < -0.3 is 11.1 Å². The molecule has 3 N–H and O–H groups in total. The van der Waals surface area contributed by atoms with Crippen LogP contribution in [0, 0.1) is 0 Å². The second-order valence-corrected chi connectivity index (χ2v) is 6.58. The van der Waals surface area contributed by atoms with Gasteiger partial charge in [0.05, 0.1) is 5.69 Å². The number of aromatic nitrogens is 2. The number of hydrogen-bond acceptors (Lipinski definition) is 4. The Balaban J connectivity index is 1.57. The maximum absolute atomic E-state index is 5.98. The molecule has 0 atom stereocenters. The van der Waals surface area contributed by atoms with E-state index in [4.69, 9.17) is 10.7 Å². The molecule has 2 aromatic carbocycles. The van der Waals surface area contributed by atoms with Crippen molar-refractivity contribution in [2.24, 2.45) is 5.73 Å². The zero-order valence-electron chi connectivity index (χ0n) is 13.7. The minimum absolute atomic E-state index is 0.355. The topological polar surface area (TPSA) is 63.8 Å². The largest absolute Gasteiger partial charge is 0.351 e. The number of anilines is 1. The van der Waals surface area contributed by atoms with Crippen LogP contribution in [-0.2, 0) is 0 Å². The SMILES string of the molecule is N[C@H]1CC[C@H](Nc2nccc(-c3ccc4ccccc4c3)n2)CC1. The zero-order chi connectivity index (χ0) is 16.4. The number of fused-ring (bicyclic) bond motifs is 1. The molecule has 3 aromatic rings. The second-order valence-electron chi connectivity index (χ2n) is 6.58. The van der Waals surface area contributed by atoms with Gasteiger partial charge in [0.1, 0.15) is 0 Å². The standard InChI is InChI=1S/C20H22N4/c21-17-7-9-18(10-8-17)23-20-22-12-11-19(24-20)16-6-5-14-3-1-2-4-15(14)13-16/h1-6,11-13,17-18H,7-10,21H2,(H,22,23,24)/t17-,18-. The number of nitrogens with two attached hydrogens (primary N) is 1. The molecular weight excluding hydrogens is 296 g/mol. The number of hydrogen-bond donors (Lipinski definition) is 2. The van der Waals surface area contributed by atoms with Gasteiger partial charge in [0, 0.05) is 23.8 Å². The summed E-state index contributed by atoms with van der Waals surface area (Å²) in [5.41, 5.74) is 8.04. The van der Waals surface area contributed by atoms with E-state index in [2.05, 4.69) is 52.8 Å². The number of nitrogens with zero attached hydrogens (tertiary/aromatic N) is 2. The predicted molar refractivity (Wildman–Crippen MR) is 98.8 cm³/mol. The van der Waals surface area contributed by atoms with Crippen LogP contribution < -0.4 is 11.1 Å². The Morgan fingerprint density at radius 2 is 1.71 bits per heavy atom. The Hall–Kier alpha value is -2.46. The van der Waals surface area contributed by atoms with Gasteiger partial charge in [0.25, 0.3) is 0 Å². The summed E-state index contributed by atoms with van der Waals surface area (Å²) in [6, 6.07) is 17.6. The zero-order valence-corrected chi connectivity index (χ0v) is 13.7. The molecule has 1 fully saturated rings. The lowest BCUT2D eigenvalue weighted by molar-refractivity contribution is 0.410. The Kier molecular flexibility index (Phi) is 4.13. The molecule has 0 spiro atoms. The maximum Gasteiger partial charge on any atom is 0.223 e. The molecule has 0 bridgehead atoms. The molecule has 1 aromatic heterocycles. The van der Waals surface area contributed by atoms with Crippen molar-refractivity contribution in [1.29, 1.82) is 0 Å². The summed E-state index contributed by atoms with van der Waals surface area (Å²) in [7, 11) is 0. The van der Waals surface area contributed by atoms with Gasteiger partial charge in [-0.2, -0.15) is 0 Å². The molecule has 122 valence electrons. The molecule has 0 amide bonds. The Morgan fingerprint density at radius 3 is 2.54 bits per heavy atom. The molecule has 4 heteroatoms. The van der Waals surface area contributed by atoms with Crippen LogP contribution in [0.4, 0.5) is 5.95 Å². The first-order valence-electron chi connectivity index (χ1n) is 8.62. The summed E-state index contributed by atoms with van der Waals surface area (Å²) < 4.78 is 0. The molecule has 1 saturated carbocycles. The van der Waals surface area contributed by atoms with Crippen molar-refractivity contribution in [3.05, 3.63) is 54.7 Å². The van der Waals surface area contributed by atoms with E-state index in [1.54, 1.807) is 0 Å². The van der Waals surface area contributed by atoms with E-state index in [0.29, 0.717) is 18.0 Å². The van der Waals surface area contributed by atoms with Gasteiger partial charge in [0.15, 0.2) is 0 Å². The molecule has 0 saturated heterocycles. The first kappa shape index (κ1) is 15.1. The Labute approximate surface area is 142 Å². The maximum atomic E-state index is 5.98. The average molecular weight is 318 g/mol. The van der Waals surface area contributed by atoms with Crippen LogP contribution in [0.3, 0.4) is 0 Å². The van der Waals surface area contributed by atoms with Gasteiger partial charge in [-0.1, -0.05) is 36.4 Å². The highest BCUT2D eigenvalue weighted by molar-refractivity contribution is 5.86. The van der Waals surface area contributed by atoms with Gasteiger partial charge >= 0.3 is 0 Å². The lowest BCUT2D eigenvalue weighted by Gasteiger charge is -2.26. The van der Waals surface area contributed by atoms with E-state index in [0.717, 1.165) is 36.9 Å². The number of nitrogens with one attached hydrogen (secondary N) is 1. The van der Waals surface area contributed by atoms with Gasteiger partial charge in [0.2, 0.25) is 5.95 Å². The fraction of sp³-hybridized carbons (Fsp3) is 0.300. The van der Waals surface area contributed by atoms with Crippen molar-refractivity contribution in [3.8, 4) is 11.3 Å². The van der Waals surface area contributed by atoms with Crippen LogP contribution in [-0.4, -0.2) is 22.1 Å². The average Bonchev–Trinajstić information content (AvgIpc) is 2.63. The first-order valence-corrected chi connectivity index (χ1v) is 8.62. The van der Waals surface area contributed by atoms with E-state index in [1.165, 1.54) is 10.8 Å². The number of benzene rings is 2. The molecule has 1 aliphatic rings. The monoisotopic (exact) mass is 318 g/mol. The van der Waals surface area contributed by atoms with Crippen LogP contribution in [0.2, 0.25) is 0 Å². The first-order chi connectivity index (χ1) is 11.8. The lowest BCUT2D eigenvalue weighted by atomic mass is 9.92. The Morgan fingerprint density at radius 1 is 0.917 bits per heavy atom. The molecule has 24 heavy (non-hydrogen) atoms. The predicted octanol–water partition coefficient (Wildman–Crippen LogP) is 3.98. The molecule has 4 rings (SSSR count). The molecule has 1 aliphatic carbocycles. The van der Waals surface area contributed by atoms with E-state index in [-0.39, 0.29) is 0 Å². The molecule has 0 radical (unpaired) electrons. The van der Waals surface area contributed by atoms with Crippen molar-refractivity contribution in [1.82, 2.24) is 9.97 Å². The second kappa shape index (κ2) is 6.57. The van der Waals surface area contributed by atoms with Crippen molar-refractivity contribution < 1.29 is 0 Å². The highest BCUT2D eigenvalue weighted by Crippen LogP contribution is 2.24. The fourth-order valence-electron chi connectivity index (χ4n) is 3.38.